The van der Waals surface area contributed by atoms with Crippen LogP contribution in [-0.2, 0) is 48.9 Å². The lowest BCUT2D eigenvalue weighted by molar-refractivity contribution is 0.148. The summed E-state index contributed by atoms with van der Waals surface area (Å²) < 4.78 is 37.6. The van der Waals surface area contributed by atoms with Crippen LogP contribution in [0, 0.1) is 0 Å². The molecular formula is C39H40N4O5S3. The summed E-state index contributed by atoms with van der Waals surface area (Å²) in [5.41, 5.74) is 9.94. The molecule has 8 rings (SSSR count). The number of aliphatic hydroxyl groups is 2. The van der Waals surface area contributed by atoms with Crippen molar-refractivity contribution in [1.82, 2.24) is 19.6 Å². The first-order valence-electron chi connectivity index (χ1n) is 17.5. The van der Waals surface area contributed by atoms with Crippen LogP contribution in [0.1, 0.15) is 89.1 Å². The molecule has 0 spiro atoms. The summed E-state index contributed by atoms with van der Waals surface area (Å²) in [6, 6.07) is 24.0. The predicted molar refractivity (Wildman–Crippen MR) is 200 cm³/mol. The van der Waals surface area contributed by atoms with Gasteiger partial charge in [0.05, 0.1) is 57.8 Å². The zero-order chi connectivity index (χ0) is 35.1. The molecule has 0 bridgehead atoms. The van der Waals surface area contributed by atoms with Crippen LogP contribution in [0.15, 0.2) is 82.4 Å². The third kappa shape index (κ3) is 6.88. The maximum absolute atomic E-state index is 12.0. The van der Waals surface area contributed by atoms with E-state index in [1.807, 2.05) is 53.2 Å². The standard InChI is InChI=1S/C39H40N4O5S3/c44-31(34-29-18-16-27-20-21-49-38(27)36(29)42(40-34)23-25-10-4-1-5-11-25)14-8-3-9-15-32(45)35-30-19-17-28-22-33(51(46,47)48)50-39(28)37(30)43(41-35)24-26-12-6-2-7-13-26/h1-2,4-7,10-13,20-22,31-32,44-45H,3,8-9,14-19,23-24H2,(H,46,47,48). The largest absolute Gasteiger partial charge is 0.387 e. The molecular weight excluding hydrogens is 701 g/mol. The summed E-state index contributed by atoms with van der Waals surface area (Å²) >= 11 is 2.80. The first-order chi connectivity index (χ1) is 24.7. The Morgan fingerprint density at radius 3 is 1.76 bits per heavy atom. The Kier molecular flexibility index (Phi) is 9.55. The first kappa shape index (κ1) is 34.2. The van der Waals surface area contributed by atoms with E-state index in [2.05, 4.69) is 28.3 Å². The van der Waals surface area contributed by atoms with Gasteiger partial charge in [0.2, 0.25) is 0 Å². The predicted octanol–water partition coefficient (Wildman–Crippen LogP) is 7.79. The Morgan fingerprint density at radius 2 is 1.22 bits per heavy atom. The van der Waals surface area contributed by atoms with Crippen LogP contribution in [0.25, 0.3) is 21.1 Å². The SMILES string of the molecule is O=S(=O)(O)c1cc2c(s1)-c1c(c(C(O)CCCCCC(O)c3nn(Cc4ccccc4)c4c3CCc3ccsc3-4)nn1Cc1ccccc1)CC2. The van der Waals surface area contributed by atoms with E-state index in [0.717, 1.165) is 87.7 Å². The fourth-order valence-corrected chi connectivity index (χ4v) is 10.6. The zero-order valence-corrected chi connectivity index (χ0v) is 30.6. The van der Waals surface area contributed by atoms with E-state index in [-0.39, 0.29) is 4.21 Å². The zero-order valence-electron chi connectivity index (χ0n) is 28.1. The van der Waals surface area contributed by atoms with Crippen molar-refractivity contribution in [1.29, 1.82) is 0 Å². The third-order valence-electron chi connectivity index (χ3n) is 10.1. The van der Waals surface area contributed by atoms with Crippen molar-refractivity contribution in [3.8, 4) is 21.1 Å². The van der Waals surface area contributed by atoms with Crippen LogP contribution in [0.3, 0.4) is 0 Å². The van der Waals surface area contributed by atoms with Crippen LogP contribution in [0.2, 0.25) is 0 Å². The molecule has 9 nitrogen and oxygen atoms in total. The molecule has 0 amide bonds. The number of aryl methyl sites for hydroxylation is 2. The lowest BCUT2D eigenvalue weighted by Crippen LogP contribution is -2.07. The minimum Gasteiger partial charge on any atom is -0.387 e. The molecule has 4 aromatic heterocycles. The average molecular weight is 741 g/mol. The molecule has 2 aliphatic carbocycles. The second-order valence-corrected chi connectivity index (χ2v) is 17.2. The van der Waals surface area contributed by atoms with Gasteiger partial charge in [-0.2, -0.15) is 18.6 Å². The lowest BCUT2D eigenvalue weighted by Gasteiger charge is -2.17. The highest BCUT2D eigenvalue weighted by Gasteiger charge is 2.32. The van der Waals surface area contributed by atoms with Crippen molar-refractivity contribution in [2.24, 2.45) is 0 Å². The maximum atomic E-state index is 12.0. The number of aliphatic hydroxyl groups excluding tert-OH is 2. The summed E-state index contributed by atoms with van der Waals surface area (Å²) in [7, 11) is -4.33. The molecule has 0 aliphatic heterocycles. The number of thiophene rings is 2. The molecule has 12 heteroatoms. The van der Waals surface area contributed by atoms with Gasteiger partial charge in [0.1, 0.15) is 4.21 Å². The number of benzene rings is 2. The molecule has 51 heavy (non-hydrogen) atoms. The molecule has 0 saturated carbocycles. The summed E-state index contributed by atoms with van der Waals surface area (Å²) in [6.07, 6.45) is 5.18. The number of unbranched alkanes of at least 4 members (excludes halogenated alkanes) is 2. The molecule has 2 unspecified atom stereocenters. The number of fused-ring (bicyclic) bond motifs is 6. The van der Waals surface area contributed by atoms with Crippen molar-refractivity contribution in [2.45, 2.75) is 87.3 Å². The lowest BCUT2D eigenvalue weighted by atomic mass is 9.92. The Labute approximate surface area is 305 Å². The van der Waals surface area contributed by atoms with E-state index in [1.54, 1.807) is 17.4 Å². The third-order valence-corrected chi connectivity index (χ3v) is 13.6. The second-order valence-electron chi connectivity index (χ2n) is 13.6. The Balaban J connectivity index is 0.953. The van der Waals surface area contributed by atoms with Crippen molar-refractivity contribution >= 4 is 32.8 Å². The van der Waals surface area contributed by atoms with Gasteiger partial charge in [-0.25, -0.2) is 0 Å². The molecule has 4 heterocycles. The van der Waals surface area contributed by atoms with Crippen LogP contribution in [-0.4, -0.2) is 42.7 Å². The van der Waals surface area contributed by atoms with Crippen molar-refractivity contribution in [3.63, 3.8) is 0 Å². The molecule has 2 aliphatic rings. The minimum atomic E-state index is -4.33. The monoisotopic (exact) mass is 740 g/mol. The summed E-state index contributed by atoms with van der Waals surface area (Å²) in [4.78, 5) is 2.04. The molecule has 3 N–H and O–H groups in total. The average Bonchev–Trinajstić information content (AvgIpc) is 3.92. The molecule has 2 atom stereocenters. The second kappa shape index (κ2) is 14.3. The van der Waals surface area contributed by atoms with Crippen molar-refractivity contribution in [2.75, 3.05) is 0 Å². The van der Waals surface area contributed by atoms with Gasteiger partial charge >= 0.3 is 10.1 Å². The minimum absolute atomic E-state index is 0.0724. The van der Waals surface area contributed by atoms with E-state index >= 15 is 0 Å². The van der Waals surface area contributed by atoms with Crippen LogP contribution in [0.5, 0.6) is 0 Å². The van der Waals surface area contributed by atoms with E-state index in [1.165, 1.54) is 16.0 Å². The normalized spacial score (nSPS) is 14.8. The Morgan fingerprint density at radius 1 is 0.686 bits per heavy atom. The summed E-state index contributed by atoms with van der Waals surface area (Å²) in [6.45, 7) is 1.14. The van der Waals surface area contributed by atoms with E-state index in [0.29, 0.717) is 44.5 Å². The van der Waals surface area contributed by atoms with Gasteiger partial charge < -0.3 is 10.2 Å². The van der Waals surface area contributed by atoms with Crippen LogP contribution < -0.4 is 0 Å². The quantitative estimate of drug-likeness (QED) is 0.0814. The fraction of sp³-hybridized carbons (Fsp3) is 0.333. The van der Waals surface area contributed by atoms with E-state index < -0.39 is 22.3 Å². The number of hydrogen-bond donors (Lipinski definition) is 3. The molecule has 6 aromatic rings. The Hall–Kier alpha value is -3.91. The van der Waals surface area contributed by atoms with E-state index in [4.69, 9.17) is 10.2 Å². The van der Waals surface area contributed by atoms with Gasteiger partial charge in [-0.1, -0.05) is 79.9 Å². The number of aromatic nitrogens is 4. The Bertz CT molecular complexity index is 2270. The van der Waals surface area contributed by atoms with Gasteiger partial charge in [-0.3, -0.25) is 13.9 Å². The summed E-state index contributed by atoms with van der Waals surface area (Å²) in [5, 5.41) is 35.0. The highest BCUT2D eigenvalue weighted by Crippen LogP contribution is 2.44. The van der Waals surface area contributed by atoms with Crippen molar-refractivity contribution < 1.29 is 23.2 Å². The molecule has 264 valence electrons. The number of nitrogens with zero attached hydrogens (tertiary/aromatic N) is 4. The smallest absolute Gasteiger partial charge is 0.304 e. The molecule has 0 radical (unpaired) electrons. The van der Waals surface area contributed by atoms with Gasteiger partial charge in [0, 0.05) is 11.1 Å². The molecule has 2 aromatic carbocycles. The van der Waals surface area contributed by atoms with Gasteiger partial charge in [-0.15, -0.1) is 22.7 Å². The highest BCUT2D eigenvalue weighted by atomic mass is 32.3. The number of rotatable bonds is 13. The molecule has 0 fully saturated rings. The van der Waals surface area contributed by atoms with Crippen molar-refractivity contribution in [3.05, 3.63) is 123 Å². The van der Waals surface area contributed by atoms with Gasteiger partial charge in [-0.05, 0) is 78.3 Å². The summed E-state index contributed by atoms with van der Waals surface area (Å²) in [5.74, 6) is 0. The van der Waals surface area contributed by atoms with Crippen LogP contribution >= 0.6 is 22.7 Å². The maximum Gasteiger partial charge on any atom is 0.304 e. The van der Waals surface area contributed by atoms with E-state index in [9.17, 15) is 23.2 Å². The molecule has 0 saturated heterocycles. The topological polar surface area (TPSA) is 130 Å². The van der Waals surface area contributed by atoms with Gasteiger partial charge in [0.15, 0.2) is 0 Å². The highest BCUT2D eigenvalue weighted by molar-refractivity contribution is 7.88. The number of hydrogen-bond acceptors (Lipinski definition) is 8. The van der Waals surface area contributed by atoms with Crippen LogP contribution in [0.4, 0.5) is 0 Å². The first-order valence-corrected chi connectivity index (χ1v) is 20.7. The fourth-order valence-electron chi connectivity index (χ4n) is 7.62. The van der Waals surface area contributed by atoms with Gasteiger partial charge in [0.25, 0.3) is 0 Å².